The molecular formula is C18H28O3. The summed E-state index contributed by atoms with van der Waals surface area (Å²) in [5.41, 5.74) is 2.47. The highest BCUT2D eigenvalue weighted by atomic mass is 16.4. The van der Waals surface area contributed by atoms with E-state index < -0.39 is 5.97 Å². The van der Waals surface area contributed by atoms with Crippen molar-refractivity contribution in [3.05, 3.63) is 28.8 Å². The zero-order valence-electron chi connectivity index (χ0n) is 14.1. The first kappa shape index (κ1) is 17.5. The minimum Gasteiger partial charge on any atom is -0.507 e. The fourth-order valence-electron chi connectivity index (χ4n) is 2.37. The number of phenolic OH excluding ortho intramolecular Hbond substituents is 1. The molecule has 3 heteroatoms. The van der Waals surface area contributed by atoms with Gasteiger partial charge < -0.3 is 10.2 Å². The average Bonchev–Trinajstić information content (AvgIpc) is 2.35. The van der Waals surface area contributed by atoms with E-state index in [1.165, 1.54) is 0 Å². The Morgan fingerprint density at radius 2 is 1.62 bits per heavy atom. The van der Waals surface area contributed by atoms with Crippen LogP contribution in [0.1, 0.15) is 71.1 Å². The van der Waals surface area contributed by atoms with E-state index in [-0.39, 0.29) is 17.3 Å². The van der Waals surface area contributed by atoms with E-state index in [0.29, 0.717) is 12.2 Å². The number of carbonyl (C=O) groups is 1. The summed E-state index contributed by atoms with van der Waals surface area (Å²) in [5, 5.41) is 19.6. The number of aromatic hydroxyl groups is 1. The van der Waals surface area contributed by atoms with Gasteiger partial charge in [-0.15, -0.1) is 0 Å². The zero-order valence-corrected chi connectivity index (χ0v) is 14.1. The average molecular weight is 292 g/mol. The summed E-state index contributed by atoms with van der Waals surface area (Å²) in [6.07, 6.45) is 1.51. The zero-order chi connectivity index (χ0) is 16.4. The third-order valence-corrected chi connectivity index (χ3v) is 4.22. The van der Waals surface area contributed by atoms with Crippen LogP contribution in [0.5, 0.6) is 5.75 Å². The minimum absolute atomic E-state index is 0.111. The number of phenols is 1. The Balaban J connectivity index is 3.42. The van der Waals surface area contributed by atoms with Crippen molar-refractivity contribution >= 4 is 5.97 Å². The Kier molecular flexibility index (Phi) is 5.08. The molecule has 0 atom stereocenters. The van der Waals surface area contributed by atoms with E-state index in [4.69, 9.17) is 5.11 Å². The maximum Gasteiger partial charge on any atom is 0.303 e. The first-order valence-corrected chi connectivity index (χ1v) is 7.57. The predicted octanol–water partition coefficient (Wildman–Crippen LogP) is 4.39. The van der Waals surface area contributed by atoms with Gasteiger partial charge >= 0.3 is 5.97 Å². The lowest BCUT2D eigenvalue weighted by molar-refractivity contribution is -0.136. The molecule has 0 unspecified atom stereocenters. The quantitative estimate of drug-likeness (QED) is 0.846. The smallest absolute Gasteiger partial charge is 0.303 e. The van der Waals surface area contributed by atoms with E-state index in [9.17, 15) is 9.90 Å². The summed E-state index contributed by atoms with van der Waals surface area (Å²) in [6.45, 7) is 12.5. The summed E-state index contributed by atoms with van der Waals surface area (Å²) < 4.78 is 0. The van der Waals surface area contributed by atoms with Crippen molar-refractivity contribution in [1.82, 2.24) is 0 Å². The maximum atomic E-state index is 10.8. The molecule has 0 amide bonds. The number of rotatable bonds is 5. The standard InChI is InChI=1S/C18H28O3/c1-7-18(5,6)14-11-12(8-9-15(19)20)10-13(16(14)21)17(2,3)4/h10-11,21H,7-9H2,1-6H3,(H,19,20). The number of benzene rings is 1. The van der Waals surface area contributed by atoms with Gasteiger partial charge in [0.05, 0.1) is 0 Å². The van der Waals surface area contributed by atoms with Crippen LogP contribution in [0.3, 0.4) is 0 Å². The van der Waals surface area contributed by atoms with Crippen LogP contribution in [-0.4, -0.2) is 16.2 Å². The summed E-state index contributed by atoms with van der Waals surface area (Å²) in [6, 6.07) is 3.92. The molecule has 1 aromatic rings. The summed E-state index contributed by atoms with van der Waals surface area (Å²) in [4.78, 5) is 10.8. The number of aliphatic carboxylic acids is 1. The summed E-state index contributed by atoms with van der Waals surface area (Å²) >= 11 is 0. The highest BCUT2D eigenvalue weighted by Gasteiger charge is 2.28. The van der Waals surface area contributed by atoms with Gasteiger partial charge in [0.15, 0.2) is 0 Å². The molecule has 0 spiro atoms. The maximum absolute atomic E-state index is 10.8. The van der Waals surface area contributed by atoms with Gasteiger partial charge in [0.2, 0.25) is 0 Å². The molecule has 0 radical (unpaired) electrons. The van der Waals surface area contributed by atoms with Crippen LogP contribution in [0.2, 0.25) is 0 Å². The second-order valence-electron chi connectivity index (χ2n) is 7.42. The SMILES string of the molecule is CCC(C)(C)c1cc(CCC(=O)O)cc(C(C)(C)C)c1O. The lowest BCUT2D eigenvalue weighted by Crippen LogP contribution is -2.20. The van der Waals surface area contributed by atoms with Crippen LogP contribution in [0.25, 0.3) is 0 Å². The largest absolute Gasteiger partial charge is 0.507 e. The molecule has 0 aliphatic carbocycles. The molecule has 0 aliphatic heterocycles. The molecule has 0 saturated heterocycles. The van der Waals surface area contributed by atoms with Gasteiger partial charge in [0.25, 0.3) is 0 Å². The lowest BCUT2D eigenvalue weighted by atomic mass is 9.76. The van der Waals surface area contributed by atoms with Crippen molar-refractivity contribution in [2.75, 3.05) is 0 Å². The molecule has 0 heterocycles. The third kappa shape index (κ3) is 4.23. The highest BCUT2D eigenvalue weighted by Crippen LogP contribution is 2.41. The molecule has 0 bridgehead atoms. The molecule has 0 saturated carbocycles. The second-order valence-corrected chi connectivity index (χ2v) is 7.42. The highest BCUT2D eigenvalue weighted by molar-refractivity contribution is 5.67. The molecular weight excluding hydrogens is 264 g/mol. The van der Waals surface area contributed by atoms with Crippen LogP contribution in [-0.2, 0) is 22.0 Å². The number of carboxylic acids is 1. The first-order chi connectivity index (χ1) is 9.49. The van der Waals surface area contributed by atoms with Crippen molar-refractivity contribution < 1.29 is 15.0 Å². The molecule has 0 aromatic heterocycles. The lowest BCUT2D eigenvalue weighted by Gasteiger charge is -2.30. The number of hydrogen-bond donors (Lipinski definition) is 2. The third-order valence-electron chi connectivity index (χ3n) is 4.22. The van der Waals surface area contributed by atoms with Gasteiger partial charge in [0.1, 0.15) is 5.75 Å². The van der Waals surface area contributed by atoms with Crippen LogP contribution in [0.15, 0.2) is 12.1 Å². The van der Waals surface area contributed by atoms with Gasteiger partial charge in [-0.25, -0.2) is 0 Å². The van der Waals surface area contributed by atoms with Crippen molar-refractivity contribution in [2.45, 2.75) is 71.6 Å². The van der Waals surface area contributed by atoms with Gasteiger partial charge in [-0.2, -0.15) is 0 Å². The van der Waals surface area contributed by atoms with Crippen LogP contribution >= 0.6 is 0 Å². The van der Waals surface area contributed by atoms with Gasteiger partial charge in [-0.05, 0) is 34.8 Å². The van der Waals surface area contributed by atoms with E-state index in [0.717, 1.165) is 23.1 Å². The Morgan fingerprint density at radius 3 is 2.05 bits per heavy atom. The molecule has 1 rings (SSSR count). The van der Waals surface area contributed by atoms with Crippen LogP contribution < -0.4 is 0 Å². The summed E-state index contributed by atoms with van der Waals surface area (Å²) in [7, 11) is 0. The van der Waals surface area contributed by atoms with Gasteiger partial charge in [-0.3, -0.25) is 4.79 Å². The fourth-order valence-corrected chi connectivity index (χ4v) is 2.37. The first-order valence-electron chi connectivity index (χ1n) is 7.57. The molecule has 118 valence electrons. The Morgan fingerprint density at radius 1 is 1.10 bits per heavy atom. The molecule has 3 nitrogen and oxygen atoms in total. The topological polar surface area (TPSA) is 57.5 Å². The Hall–Kier alpha value is -1.51. The van der Waals surface area contributed by atoms with Crippen molar-refractivity contribution in [3.8, 4) is 5.75 Å². The summed E-state index contributed by atoms with van der Waals surface area (Å²) in [5.74, 6) is -0.440. The molecule has 2 N–H and O–H groups in total. The van der Waals surface area contributed by atoms with Gasteiger partial charge in [-0.1, -0.05) is 53.7 Å². The second kappa shape index (κ2) is 6.08. The van der Waals surface area contributed by atoms with Crippen molar-refractivity contribution in [3.63, 3.8) is 0 Å². The number of carboxylic acid groups (broad SMARTS) is 1. The number of hydrogen-bond acceptors (Lipinski definition) is 2. The monoisotopic (exact) mass is 292 g/mol. The molecule has 0 aliphatic rings. The van der Waals surface area contributed by atoms with E-state index in [1.807, 2.05) is 12.1 Å². The van der Waals surface area contributed by atoms with Crippen molar-refractivity contribution in [2.24, 2.45) is 0 Å². The van der Waals surface area contributed by atoms with Crippen LogP contribution in [0, 0.1) is 0 Å². The van der Waals surface area contributed by atoms with E-state index in [2.05, 4.69) is 41.5 Å². The normalized spacial score (nSPS) is 12.5. The fraction of sp³-hybridized carbons (Fsp3) is 0.611. The van der Waals surface area contributed by atoms with E-state index >= 15 is 0 Å². The van der Waals surface area contributed by atoms with Crippen molar-refractivity contribution in [1.29, 1.82) is 0 Å². The van der Waals surface area contributed by atoms with Gasteiger partial charge in [0, 0.05) is 12.0 Å². The Labute approximate surface area is 128 Å². The number of aryl methyl sites for hydroxylation is 1. The van der Waals surface area contributed by atoms with E-state index in [1.54, 1.807) is 0 Å². The molecule has 21 heavy (non-hydrogen) atoms. The minimum atomic E-state index is -0.795. The molecule has 1 aromatic carbocycles. The van der Waals surface area contributed by atoms with Crippen LogP contribution in [0.4, 0.5) is 0 Å². The Bertz CT molecular complexity index is 522. The molecule has 0 fully saturated rings. The predicted molar refractivity (Wildman–Crippen MR) is 86.1 cm³/mol.